The molecule has 0 radical (unpaired) electrons. The molecule has 0 aromatic carbocycles. The molecule has 0 aliphatic heterocycles. The van der Waals surface area contributed by atoms with Crippen LogP contribution in [0.5, 0.6) is 0 Å². The highest BCUT2D eigenvalue weighted by Gasteiger charge is 2.47. The van der Waals surface area contributed by atoms with Gasteiger partial charge in [-0.2, -0.15) is 0 Å². The summed E-state index contributed by atoms with van der Waals surface area (Å²) in [7, 11) is 0. The van der Waals surface area contributed by atoms with Crippen molar-refractivity contribution >= 4 is 11.8 Å². The number of carbonyl (C=O) groups excluding carboxylic acids is 2. The van der Waals surface area contributed by atoms with Crippen LogP contribution >= 0.6 is 0 Å². The summed E-state index contributed by atoms with van der Waals surface area (Å²) in [5, 5.41) is 19.9. The Hall–Kier alpha value is -1.20. The van der Waals surface area contributed by atoms with Gasteiger partial charge in [-0.3, -0.25) is 9.59 Å². The zero-order valence-electron chi connectivity index (χ0n) is 13.3. The number of allylic oxidation sites excluding steroid dienone is 1. The molecular weight excluding hydrogens is 284 g/mol. The van der Waals surface area contributed by atoms with Crippen LogP contribution < -0.4 is 0 Å². The summed E-state index contributed by atoms with van der Waals surface area (Å²) in [6.07, 6.45) is 6.45. The fourth-order valence-corrected chi connectivity index (χ4v) is 3.99. The Balaban J connectivity index is 2.08. The van der Waals surface area contributed by atoms with Crippen LogP contribution in [0, 0.1) is 23.7 Å². The highest BCUT2D eigenvalue weighted by Crippen LogP contribution is 2.46. The van der Waals surface area contributed by atoms with E-state index in [4.69, 9.17) is 4.74 Å². The third kappa shape index (κ3) is 3.76. The standard InChI is InChI=1S/C17H26O5/c1-11(19)22-8-6-15(20)16-14-4-3-12(10-18)9-13(14)5-7-17(16,2)21/h5,7,12-14,16,18,21H,3-4,6,8-10H2,1-2H3/t12-,13-,14-,16-,17+/m0/s1. The lowest BCUT2D eigenvalue weighted by atomic mass is 9.60. The summed E-state index contributed by atoms with van der Waals surface area (Å²) in [4.78, 5) is 23.4. The summed E-state index contributed by atoms with van der Waals surface area (Å²) >= 11 is 0. The quantitative estimate of drug-likeness (QED) is 0.593. The predicted molar refractivity (Wildman–Crippen MR) is 80.9 cm³/mol. The molecule has 0 heterocycles. The van der Waals surface area contributed by atoms with Gasteiger partial charge in [-0.05, 0) is 43.9 Å². The molecule has 22 heavy (non-hydrogen) atoms. The lowest BCUT2D eigenvalue weighted by molar-refractivity contribution is -0.143. The zero-order chi connectivity index (χ0) is 16.3. The fourth-order valence-electron chi connectivity index (χ4n) is 3.99. The summed E-state index contributed by atoms with van der Waals surface area (Å²) in [5.41, 5.74) is -1.15. The SMILES string of the molecule is CC(=O)OCCC(=O)[C@@H]1[C@H]2CC[C@H](CO)C[C@@H]2C=C[C@@]1(C)O. The minimum absolute atomic E-state index is 0.0481. The maximum absolute atomic E-state index is 12.6. The van der Waals surface area contributed by atoms with Crippen molar-refractivity contribution in [3.63, 3.8) is 0 Å². The monoisotopic (exact) mass is 310 g/mol. The summed E-state index contributed by atoms with van der Waals surface area (Å²) in [6.45, 7) is 3.24. The first-order valence-corrected chi connectivity index (χ1v) is 8.04. The van der Waals surface area contributed by atoms with E-state index < -0.39 is 17.5 Å². The van der Waals surface area contributed by atoms with Gasteiger partial charge >= 0.3 is 5.97 Å². The molecule has 2 rings (SSSR count). The van der Waals surface area contributed by atoms with Gasteiger partial charge in [0.15, 0.2) is 0 Å². The van der Waals surface area contributed by atoms with Crippen molar-refractivity contribution in [3.05, 3.63) is 12.2 Å². The second-order valence-electron chi connectivity index (χ2n) is 6.81. The molecule has 0 aromatic heterocycles. The van der Waals surface area contributed by atoms with Crippen LogP contribution in [0.2, 0.25) is 0 Å². The van der Waals surface area contributed by atoms with Gasteiger partial charge in [0.1, 0.15) is 5.78 Å². The number of rotatable bonds is 5. The second-order valence-corrected chi connectivity index (χ2v) is 6.81. The van der Waals surface area contributed by atoms with Crippen LogP contribution in [0.4, 0.5) is 0 Å². The van der Waals surface area contributed by atoms with Gasteiger partial charge in [0, 0.05) is 20.0 Å². The highest BCUT2D eigenvalue weighted by molar-refractivity contribution is 5.83. The van der Waals surface area contributed by atoms with Crippen molar-refractivity contribution in [1.82, 2.24) is 0 Å². The summed E-state index contributed by atoms with van der Waals surface area (Å²) in [5.74, 6) is -0.289. The van der Waals surface area contributed by atoms with Crippen molar-refractivity contribution < 1.29 is 24.5 Å². The topological polar surface area (TPSA) is 83.8 Å². The molecule has 1 saturated carbocycles. The molecule has 2 aliphatic carbocycles. The van der Waals surface area contributed by atoms with Gasteiger partial charge in [-0.25, -0.2) is 0 Å². The Kier molecular flexibility index (Phi) is 5.40. The van der Waals surface area contributed by atoms with Crippen molar-refractivity contribution in [2.45, 2.75) is 45.1 Å². The van der Waals surface area contributed by atoms with E-state index in [9.17, 15) is 19.8 Å². The molecule has 5 heteroatoms. The molecule has 0 aromatic rings. The maximum atomic E-state index is 12.6. The second kappa shape index (κ2) is 6.92. The van der Waals surface area contributed by atoms with Crippen LogP contribution in [-0.4, -0.2) is 40.8 Å². The van der Waals surface area contributed by atoms with Crippen molar-refractivity contribution in [1.29, 1.82) is 0 Å². The van der Waals surface area contributed by atoms with Gasteiger partial charge in [0.25, 0.3) is 0 Å². The Labute approximate surface area is 131 Å². The number of aliphatic hydroxyl groups excluding tert-OH is 1. The minimum atomic E-state index is -1.15. The van der Waals surface area contributed by atoms with Crippen LogP contribution in [-0.2, 0) is 14.3 Å². The fraction of sp³-hybridized carbons (Fsp3) is 0.765. The Bertz CT molecular complexity index is 454. The third-order valence-corrected chi connectivity index (χ3v) is 5.06. The van der Waals surface area contributed by atoms with Crippen molar-refractivity contribution in [2.24, 2.45) is 23.7 Å². The number of ketones is 1. The molecule has 124 valence electrons. The number of ether oxygens (including phenoxy) is 1. The zero-order valence-corrected chi connectivity index (χ0v) is 13.3. The van der Waals surface area contributed by atoms with E-state index in [0.29, 0.717) is 0 Å². The largest absolute Gasteiger partial charge is 0.465 e. The molecule has 0 amide bonds. The van der Waals surface area contributed by atoms with E-state index in [1.807, 2.05) is 6.08 Å². The lowest BCUT2D eigenvalue weighted by Crippen LogP contribution is -2.49. The van der Waals surface area contributed by atoms with E-state index in [0.717, 1.165) is 19.3 Å². The summed E-state index contributed by atoms with van der Waals surface area (Å²) in [6, 6.07) is 0. The first-order valence-electron chi connectivity index (χ1n) is 8.04. The van der Waals surface area contributed by atoms with E-state index in [2.05, 4.69) is 0 Å². The number of carbonyl (C=O) groups is 2. The number of aliphatic hydroxyl groups is 2. The van der Waals surface area contributed by atoms with E-state index in [1.165, 1.54) is 6.92 Å². The number of hydrogen-bond acceptors (Lipinski definition) is 5. The van der Waals surface area contributed by atoms with Crippen molar-refractivity contribution in [3.8, 4) is 0 Å². The first kappa shape index (κ1) is 17.2. The molecule has 0 spiro atoms. The number of fused-ring (bicyclic) bond motifs is 1. The molecule has 1 fully saturated rings. The van der Waals surface area contributed by atoms with Crippen LogP contribution in [0.25, 0.3) is 0 Å². The van der Waals surface area contributed by atoms with E-state index in [1.54, 1.807) is 13.0 Å². The Morgan fingerprint density at radius 1 is 1.36 bits per heavy atom. The van der Waals surface area contributed by atoms with Crippen LogP contribution in [0.1, 0.15) is 39.5 Å². The van der Waals surface area contributed by atoms with Crippen LogP contribution in [0.3, 0.4) is 0 Å². The van der Waals surface area contributed by atoms with E-state index >= 15 is 0 Å². The molecule has 0 bridgehead atoms. The smallest absolute Gasteiger partial charge is 0.302 e. The maximum Gasteiger partial charge on any atom is 0.302 e. The van der Waals surface area contributed by atoms with Gasteiger partial charge in [0.05, 0.1) is 18.1 Å². The van der Waals surface area contributed by atoms with Gasteiger partial charge in [0.2, 0.25) is 0 Å². The highest BCUT2D eigenvalue weighted by atomic mass is 16.5. The number of esters is 1. The number of hydrogen-bond donors (Lipinski definition) is 2. The van der Waals surface area contributed by atoms with Gasteiger partial charge in [-0.1, -0.05) is 12.2 Å². The predicted octanol–water partition coefficient (Wildman–Crippen LogP) is 1.47. The average molecular weight is 310 g/mol. The normalized spacial score (nSPS) is 37.5. The number of Topliss-reactive ketones (excluding diaryl/α,β-unsaturated/α-hetero) is 1. The third-order valence-electron chi connectivity index (χ3n) is 5.06. The molecule has 2 N–H and O–H groups in total. The van der Waals surface area contributed by atoms with Gasteiger partial charge < -0.3 is 14.9 Å². The van der Waals surface area contributed by atoms with Crippen LogP contribution in [0.15, 0.2) is 12.2 Å². The van der Waals surface area contributed by atoms with E-state index in [-0.39, 0.29) is 43.2 Å². The Morgan fingerprint density at radius 2 is 2.09 bits per heavy atom. The summed E-state index contributed by atoms with van der Waals surface area (Å²) < 4.78 is 4.85. The average Bonchev–Trinajstić information content (AvgIpc) is 2.45. The Morgan fingerprint density at radius 3 is 2.73 bits per heavy atom. The van der Waals surface area contributed by atoms with Gasteiger partial charge in [-0.15, -0.1) is 0 Å². The lowest BCUT2D eigenvalue weighted by Gasteiger charge is -2.46. The molecular formula is C17H26O5. The molecule has 0 saturated heterocycles. The molecule has 5 atom stereocenters. The first-order chi connectivity index (χ1) is 10.3. The molecule has 0 unspecified atom stereocenters. The minimum Gasteiger partial charge on any atom is -0.465 e. The van der Waals surface area contributed by atoms with Crippen molar-refractivity contribution in [2.75, 3.05) is 13.2 Å². The molecule has 2 aliphatic rings. The molecule has 5 nitrogen and oxygen atoms in total.